The van der Waals surface area contributed by atoms with Crippen LogP contribution in [0.25, 0.3) is 0 Å². The van der Waals surface area contributed by atoms with Crippen molar-refractivity contribution in [3.05, 3.63) is 10.7 Å². The summed E-state index contributed by atoms with van der Waals surface area (Å²) < 4.78 is 26.4. The molecule has 17 heavy (non-hydrogen) atoms. The van der Waals surface area contributed by atoms with Crippen LogP contribution in [0.5, 0.6) is 0 Å². The standard InChI is InChI=1S/C9H15ClN2O3S2/c1-6(2)3-7(5-13)12-17(14,15)8-4-11-9(10)16-8/h4,6-7,12-13H,3,5H2,1-2H3. The minimum atomic E-state index is -3.63. The van der Waals surface area contributed by atoms with Crippen molar-refractivity contribution in [3.8, 4) is 0 Å². The van der Waals surface area contributed by atoms with E-state index >= 15 is 0 Å². The summed E-state index contributed by atoms with van der Waals surface area (Å²) in [5.74, 6) is 0.292. The number of hydrogen-bond donors (Lipinski definition) is 2. The molecule has 0 radical (unpaired) electrons. The van der Waals surface area contributed by atoms with Gasteiger partial charge in [-0.25, -0.2) is 18.1 Å². The third-order valence-electron chi connectivity index (χ3n) is 2.02. The number of rotatable bonds is 6. The Kier molecular flexibility index (Phi) is 5.33. The Bertz CT molecular complexity index is 459. The summed E-state index contributed by atoms with van der Waals surface area (Å²) in [6.07, 6.45) is 1.78. The van der Waals surface area contributed by atoms with E-state index in [4.69, 9.17) is 16.7 Å². The minimum absolute atomic E-state index is 0.0599. The fraction of sp³-hybridized carbons (Fsp3) is 0.667. The first-order valence-corrected chi connectivity index (χ1v) is 7.77. The Morgan fingerprint density at radius 3 is 2.65 bits per heavy atom. The number of hydrogen-bond acceptors (Lipinski definition) is 5. The molecule has 0 aromatic carbocycles. The highest BCUT2D eigenvalue weighted by Crippen LogP contribution is 2.22. The van der Waals surface area contributed by atoms with Crippen LogP contribution in [0.4, 0.5) is 0 Å². The van der Waals surface area contributed by atoms with Crippen LogP contribution in [0.2, 0.25) is 4.47 Å². The topological polar surface area (TPSA) is 79.3 Å². The molecule has 5 nitrogen and oxygen atoms in total. The summed E-state index contributed by atoms with van der Waals surface area (Å²) in [6, 6.07) is -0.485. The lowest BCUT2D eigenvalue weighted by Crippen LogP contribution is -2.38. The zero-order valence-corrected chi connectivity index (χ0v) is 11.9. The van der Waals surface area contributed by atoms with Crippen LogP contribution >= 0.6 is 22.9 Å². The number of nitrogens with one attached hydrogen (secondary N) is 1. The number of aliphatic hydroxyl groups is 1. The van der Waals surface area contributed by atoms with E-state index in [1.54, 1.807) is 0 Å². The van der Waals surface area contributed by atoms with Gasteiger partial charge in [0, 0.05) is 6.04 Å². The van der Waals surface area contributed by atoms with Gasteiger partial charge in [-0.1, -0.05) is 36.8 Å². The molecule has 0 aliphatic heterocycles. The fourth-order valence-corrected chi connectivity index (χ4v) is 3.92. The molecule has 0 saturated heterocycles. The zero-order chi connectivity index (χ0) is 13.1. The first kappa shape index (κ1) is 14.8. The maximum absolute atomic E-state index is 11.9. The van der Waals surface area contributed by atoms with E-state index in [9.17, 15) is 8.42 Å². The highest BCUT2D eigenvalue weighted by atomic mass is 35.5. The molecule has 98 valence electrons. The van der Waals surface area contributed by atoms with E-state index in [0.717, 1.165) is 11.3 Å². The number of nitrogens with zero attached hydrogens (tertiary/aromatic N) is 1. The van der Waals surface area contributed by atoms with E-state index in [1.807, 2.05) is 13.8 Å². The Labute approximate surface area is 110 Å². The van der Waals surface area contributed by atoms with Crippen molar-refractivity contribution in [2.45, 2.75) is 30.5 Å². The van der Waals surface area contributed by atoms with Crippen LogP contribution in [-0.4, -0.2) is 31.2 Å². The van der Waals surface area contributed by atoms with Gasteiger partial charge in [0.05, 0.1) is 12.8 Å². The molecule has 0 amide bonds. The maximum atomic E-state index is 11.9. The molecule has 2 N–H and O–H groups in total. The molecule has 0 spiro atoms. The lowest BCUT2D eigenvalue weighted by Gasteiger charge is -2.17. The van der Waals surface area contributed by atoms with Crippen LogP contribution in [0.1, 0.15) is 20.3 Å². The normalized spacial score (nSPS) is 14.2. The summed E-state index contributed by atoms with van der Waals surface area (Å²) in [6.45, 7) is 3.69. The highest BCUT2D eigenvalue weighted by Gasteiger charge is 2.22. The minimum Gasteiger partial charge on any atom is -0.395 e. The van der Waals surface area contributed by atoms with Crippen molar-refractivity contribution in [1.82, 2.24) is 9.71 Å². The van der Waals surface area contributed by atoms with E-state index < -0.39 is 16.1 Å². The maximum Gasteiger partial charge on any atom is 0.252 e. The molecule has 0 fully saturated rings. The summed E-state index contributed by atoms with van der Waals surface area (Å²) >= 11 is 6.48. The largest absolute Gasteiger partial charge is 0.395 e. The summed E-state index contributed by atoms with van der Waals surface area (Å²) in [7, 11) is -3.63. The number of thiazole rings is 1. The van der Waals surface area contributed by atoms with E-state index in [-0.39, 0.29) is 15.3 Å². The van der Waals surface area contributed by atoms with Crippen molar-refractivity contribution in [3.63, 3.8) is 0 Å². The molecule has 0 saturated carbocycles. The van der Waals surface area contributed by atoms with Crippen LogP contribution in [-0.2, 0) is 10.0 Å². The molecule has 1 atom stereocenters. The number of aliphatic hydroxyl groups excluding tert-OH is 1. The van der Waals surface area contributed by atoms with E-state index in [0.29, 0.717) is 12.3 Å². The lowest BCUT2D eigenvalue weighted by atomic mass is 10.1. The van der Waals surface area contributed by atoms with Gasteiger partial charge in [0.15, 0.2) is 8.68 Å². The Morgan fingerprint density at radius 2 is 2.24 bits per heavy atom. The Morgan fingerprint density at radius 1 is 1.59 bits per heavy atom. The van der Waals surface area contributed by atoms with Crippen molar-refractivity contribution in [2.24, 2.45) is 5.92 Å². The molecular weight excluding hydrogens is 284 g/mol. The van der Waals surface area contributed by atoms with Crippen molar-refractivity contribution >= 4 is 33.0 Å². The van der Waals surface area contributed by atoms with Gasteiger partial charge in [0.1, 0.15) is 0 Å². The number of halogens is 1. The predicted molar refractivity (Wildman–Crippen MR) is 67.8 cm³/mol. The molecule has 1 rings (SSSR count). The van der Waals surface area contributed by atoms with Crippen LogP contribution in [0.3, 0.4) is 0 Å². The fourth-order valence-electron chi connectivity index (χ4n) is 1.37. The molecule has 1 aromatic heterocycles. The third-order valence-corrected chi connectivity index (χ3v) is 5.12. The number of sulfonamides is 1. The van der Waals surface area contributed by atoms with Gasteiger partial charge in [0.25, 0.3) is 10.0 Å². The third kappa shape index (κ3) is 4.51. The Hall–Kier alpha value is -0.210. The molecule has 0 aliphatic rings. The predicted octanol–water partition coefficient (Wildman–Crippen LogP) is 1.48. The molecular formula is C9H15ClN2O3S2. The molecule has 0 bridgehead atoms. The van der Waals surface area contributed by atoms with Crippen molar-refractivity contribution in [2.75, 3.05) is 6.61 Å². The molecule has 8 heteroatoms. The SMILES string of the molecule is CC(C)CC(CO)NS(=O)(=O)c1cnc(Cl)s1. The lowest BCUT2D eigenvalue weighted by molar-refractivity contribution is 0.240. The second-order valence-corrected chi connectivity index (χ2v) is 7.62. The Balaban J connectivity index is 2.78. The zero-order valence-electron chi connectivity index (χ0n) is 9.55. The van der Waals surface area contributed by atoms with Gasteiger partial charge >= 0.3 is 0 Å². The van der Waals surface area contributed by atoms with Crippen LogP contribution in [0.15, 0.2) is 10.4 Å². The average molecular weight is 299 g/mol. The quantitative estimate of drug-likeness (QED) is 0.834. The van der Waals surface area contributed by atoms with Gasteiger partial charge in [-0.15, -0.1) is 0 Å². The first-order valence-electron chi connectivity index (χ1n) is 5.09. The van der Waals surface area contributed by atoms with E-state index in [2.05, 4.69) is 9.71 Å². The second-order valence-electron chi connectivity index (χ2n) is 4.06. The van der Waals surface area contributed by atoms with Crippen LogP contribution < -0.4 is 4.72 Å². The number of aromatic nitrogens is 1. The summed E-state index contributed by atoms with van der Waals surface area (Å²) in [4.78, 5) is 3.68. The summed E-state index contributed by atoms with van der Waals surface area (Å²) in [5.41, 5.74) is 0. The van der Waals surface area contributed by atoms with Crippen molar-refractivity contribution < 1.29 is 13.5 Å². The van der Waals surface area contributed by atoms with Gasteiger partial charge in [-0.05, 0) is 12.3 Å². The average Bonchev–Trinajstić information content (AvgIpc) is 2.63. The molecule has 1 unspecified atom stereocenters. The molecule has 0 aliphatic carbocycles. The van der Waals surface area contributed by atoms with E-state index in [1.165, 1.54) is 6.20 Å². The second kappa shape index (κ2) is 6.10. The first-order chi connectivity index (χ1) is 7.85. The highest BCUT2D eigenvalue weighted by molar-refractivity contribution is 7.91. The molecule has 1 heterocycles. The van der Waals surface area contributed by atoms with Gasteiger partial charge in [0.2, 0.25) is 0 Å². The summed E-state index contributed by atoms with van der Waals surface area (Å²) in [5, 5.41) is 9.13. The van der Waals surface area contributed by atoms with Crippen molar-refractivity contribution in [1.29, 1.82) is 0 Å². The van der Waals surface area contributed by atoms with Gasteiger partial charge < -0.3 is 5.11 Å². The smallest absolute Gasteiger partial charge is 0.252 e. The van der Waals surface area contributed by atoms with Crippen LogP contribution in [0, 0.1) is 5.92 Å². The molecule has 1 aromatic rings. The monoisotopic (exact) mass is 298 g/mol. The van der Waals surface area contributed by atoms with Gasteiger partial charge in [-0.2, -0.15) is 0 Å². The van der Waals surface area contributed by atoms with Gasteiger partial charge in [-0.3, -0.25) is 0 Å².